The van der Waals surface area contributed by atoms with E-state index in [4.69, 9.17) is 14.9 Å². The van der Waals surface area contributed by atoms with Crippen LogP contribution in [0.2, 0.25) is 0 Å². The molecule has 1 unspecified atom stereocenters. The first kappa shape index (κ1) is 22.7. The van der Waals surface area contributed by atoms with Crippen LogP contribution < -0.4 is 10.1 Å². The van der Waals surface area contributed by atoms with Gasteiger partial charge in [-0.25, -0.2) is 0 Å². The van der Waals surface area contributed by atoms with E-state index in [2.05, 4.69) is 5.32 Å². The fourth-order valence-corrected chi connectivity index (χ4v) is 5.36. The van der Waals surface area contributed by atoms with Gasteiger partial charge in [0.05, 0.1) is 35.6 Å². The number of hydrogen-bond acceptors (Lipinski definition) is 6. The molecule has 0 spiro atoms. The summed E-state index contributed by atoms with van der Waals surface area (Å²) in [5.74, 6) is 0.534. The number of methoxy groups -OCH3 is 1. The smallest absolute Gasteiger partial charge is 0.256 e. The molecule has 0 saturated heterocycles. The van der Waals surface area contributed by atoms with Crippen LogP contribution in [-0.4, -0.2) is 35.0 Å². The van der Waals surface area contributed by atoms with Gasteiger partial charge in [0.2, 0.25) is 0 Å². The molecule has 0 aliphatic carbocycles. The number of thioether (sulfide) groups is 1. The number of allylic oxidation sites excluding steroid dienone is 2. The number of rotatable bonds is 7. The molecule has 0 bridgehead atoms. The third-order valence-corrected chi connectivity index (χ3v) is 7.00. The van der Waals surface area contributed by atoms with Crippen molar-refractivity contribution in [3.8, 4) is 5.75 Å². The second-order valence-corrected chi connectivity index (χ2v) is 9.04. The number of ether oxygens (including phenoxy) is 2. The zero-order valence-corrected chi connectivity index (χ0v) is 20.0. The van der Waals surface area contributed by atoms with E-state index in [-0.39, 0.29) is 23.3 Å². The summed E-state index contributed by atoms with van der Waals surface area (Å²) >= 11 is 1.25. The number of amides is 1. The van der Waals surface area contributed by atoms with E-state index >= 15 is 0 Å². The van der Waals surface area contributed by atoms with E-state index in [0.29, 0.717) is 39.0 Å². The molecule has 8 heteroatoms. The van der Waals surface area contributed by atoms with Crippen molar-refractivity contribution in [2.45, 2.75) is 12.8 Å². The zero-order chi connectivity index (χ0) is 24.5. The summed E-state index contributed by atoms with van der Waals surface area (Å²) in [7, 11) is 1.55. The van der Waals surface area contributed by atoms with Gasteiger partial charge in [-0.05, 0) is 31.2 Å². The monoisotopic (exact) mass is 485 g/mol. The van der Waals surface area contributed by atoms with Crippen molar-refractivity contribution in [2.24, 2.45) is 0 Å². The Morgan fingerprint density at radius 3 is 2.60 bits per heavy atom. The maximum Gasteiger partial charge on any atom is 0.256 e. The fraction of sp³-hybridized carbons (Fsp3) is 0.148. The van der Waals surface area contributed by atoms with Gasteiger partial charge in [-0.1, -0.05) is 54.2 Å². The van der Waals surface area contributed by atoms with Crippen LogP contribution >= 0.6 is 11.8 Å². The maximum absolute atomic E-state index is 13.5. The van der Waals surface area contributed by atoms with Crippen LogP contribution in [0, 0.1) is 5.41 Å². The molecule has 3 aromatic rings. The lowest BCUT2D eigenvalue weighted by atomic mass is 9.87. The SMILES string of the molecule is COc1ccccc1NC(=O)C1=C(C)OC(SCC(=O)c2ccccc2)=C2C(=N)n3cccc3C12. The van der Waals surface area contributed by atoms with Crippen molar-refractivity contribution in [1.82, 2.24) is 4.57 Å². The summed E-state index contributed by atoms with van der Waals surface area (Å²) in [4.78, 5) is 26.2. The minimum Gasteiger partial charge on any atom is -0.495 e. The summed E-state index contributed by atoms with van der Waals surface area (Å²) in [5, 5.41) is 12.2. The molecule has 3 heterocycles. The Morgan fingerprint density at radius 2 is 1.83 bits per heavy atom. The lowest BCUT2D eigenvalue weighted by Gasteiger charge is -2.26. The van der Waals surface area contributed by atoms with E-state index < -0.39 is 5.92 Å². The normalized spacial score (nSPS) is 16.5. The van der Waals surface area contributed by atoms with Gasteiger partial charge in [0.15, 0.2) is 10.9 Å². The number of hydrogen-bond donors (Lipinski definition) is 2. The van der Waals surface area contributed by atoms with E-state index in [1.165, 1.54) is 11.8 Å². The minimum atomic E-state index is -0.477. The van der Waals surface area contributed by atoms with Crippen LogP contribution in [0.4, 0.5) is 5.69 Å². The number of ketones is 1. The summed E-state index contributed by atoms with van der Waals surface area (Å²) in [6.07, 6.45) is 1.80. The van der Waals surface area contributed by atoms with E-state index in [1.807, 2.05) is 42.5 Å². The molecule has 176 valence electrons. The van der Waals surface area contributed by atoms with Crippen molar-refractivity contribution in [3.63, 3.8) is 0 Å². The molecule has 2 aromatic carbocycles. The number of fused-ring (bicyclic) bond motifs is 3. The summed E-state index contributed by atoms with van der Waals surface area (Å²) in [6, 6.07) is 20.0. The zero-order valence-electron chi connectivity index (χ0n) is 19.2. The molecule has 1 amide bonds. The number of carbonyl (C=O) groups is 2. The predicted molar refractivity (Wildman–Crippen MR) is 136 cm³/mol. The average molecular weight is 486 g/mol. The molecular weight excluding hydrogens is 462 g/mol. The van der Waals surface area contributed by atoms with E-state index in [1.54, 1.807) is 49.1 Å². The van der Waals surface area contributed by atoms with Gasteiger partial charge in [-0.3, -0.25) is 15.0 Å². The molecule has 35 heavy (non-hydrogen) atoms. The van der Waals surface area contributed by atoms with Gasteiger partial charge < -0.3 is 19.4 Å². The van der Waals surface area contributed by atoms with Gasteiger partial charge in [0.25, 0.3) is 5.91 Å². The van der Waals surface area contributed by atoms with Crippen LogP contribution in [0.15, 0.2) is 94.9 Å². The summed E-state index contributed by atoms with van der Waals surface area (Å²) in [5.41, 5.74) is 2.98. The predicted octanol–water partition coefficient (Wildman–Crippen LogP) is 5.19. The van der Waals surface area contributed by atoms with Crippen LogP contribution in [-0.2, 0) is 9.53 Å². The van der Waals surface area contributed by atoms with Crippen LogP contribution in [0.25, 0.3) is 0 Å². The molecule has 7 nitrogen and oxygen atoms in total. The first-order valence-corrected chi connectivity index (χ1v) is 12.0. The highest BCUT2D eigenvalue weighted by Gasteiger charge is 2.44. The number of carbonyl (C=O) groups excluding carboxylic acids is 2. The molecule has 0 saturated carbocycles. The number of anilines is 1. The summed E-state index contributed by atoms with van der Waals surface area (Å²) in [6.45, 7) is 1.74. The third kappa shape index (κ3) is 4.06. The largest absolute Gasteiger partial charge is 0.495 e. The Hall–Kier alpha value is -4.04. The highest BCUT2D eigenvalue weighted by atomic mass is 32.2. The van der Waals surface area contributed by atoms with Gasteiger partial charge in [0, 0.05) is 17.5 Å². The molecule has 1 aromatic heterocycles. The van der Waals surface area contributed by atoms with Crippen molar-refractivity contribution in [2.75, 3.05) is 18.2 Å². The third-order valence-electron chi connectivity index (χ3n) is 6.02. The van der Waals surface area contributed by atoms with Crippen LogP contribution in [0.5, 0.6) is 5.75 Å². The molecule has 1 atom stereocenters. The topological polar surface area (TPSA) is 93.4 Å². The van der Waals surface area contributed by atoms with Crippen molar-refractivity contribution in [3.05, 3.63) is 106 Å². The fourth-order valence-electron chi connectivity index (χ4n) is 4.38. The second-order valence-electron chi connectivity index (χ2n) is 8.09. The van der Waals surface area contributed by atoms with Crippen molar-refractivity contribution >= 4 is 35.0 Å². The van der Waals surface area contributed by atoms with Gasteiger partial charge in [0.1, 0.15) is 17.3 Å². The molecule has 5 rings (SSSR count). The first-order chi connectivity index (χ1) is 17.0. The Balaban J connectivity index is 1.47. The van der Waals surface area contributed by atoms with Crippen molar-refractivity contribution in [1.29, 1.82) is 5.41 Å². The van der Waals surface area contributed by atoms with Crippen LogP contribution in [0.3, 0.4) is 0 Å². The minimum absolute atomic E-state index is 0.0330. The molecule has 2 aliphatic heterocycles. The lowest BCUT2D eigenvalue weighted by molar-refractivity contribution is -0.113. The molecule has 2 aliphatic rings. The lowest BCUT2D eigenvalue weighted by Crippen LogP contribution is -2.25. The Kier molecular flexibility index (Phi) is 6.05. The molecule has 2 N–H and O–H groups in total. The van der Waals surface area contributed by atoms with Gasteiger partial charge in [-0.15, -0.1) is 0 Å². The average Bonchev–Trinajstić information content (AvgIpc) is 3.46. The number of aromatic nitrogens is 1. The van der Waals surface area contributed by atoms with Gasteiger partial charge in [-0.2, -0.15) is 0 Å². The Bertz CT molecular complexity index is 1400. The molecule has 0 fully saturated rings. The van der Waals surface area contributed by atoms with E-state index in [9.17, 15) is 9.59 Å². The number of Topliss-reactive ketones (excluding diaryl/α,β-unsaturated/α-hetero) is 1. The number of benzene rings is 2. The highest BCUT2D eigenvalue weighted by Crippen LogP contribution is 2.48. The number of para-hydroxylation sites is 2. The van der Waals surface area contributed by atoms with Crippen LogP contribution in [0.1, 0.15) is 28.9 Å². The molecule has 0 radical (unpaired) electrons. The standard InChI is InChI=1S/C27H23N3O4S/c1-16-22(26(32)29-18-11-6-7-13-21(18)33-2)23-19-12-8-14-30(19)25(28)24(23)27(34-16)35-15-20(31)17-9-4-3-5-10-17/h3-14,23,28H,15H2,1-2H3,(H,29,32). The number of nitrogens with zero attached hydrogens (tertiary/aromatic N) is 1. The first-order valence-electron chi connectivity index (χ1n) is 11.0. The molecular formula is C27H23N3O4S. The highest BCUT2D eigenvalue weighted by molar-refractivity contribution is 8.03. The van der Waals surface area contributed by atoms with Crippen molar-refractivity contribution < 1.29 is 19.1 Å². The quantitative estimate of drug-likeness (QED) is 0.449. The van der Waals surface area contributed by atoms with Gasteiger partial charge >= 0.3 is 0 Å². The Morgan fingerprint density at radius 1 is 1.09 bits per heavy atom. The number of nitrogens with one attached hydrogen (secondary N) is 2. The maximum atomic E-state index is 13.5. The Labute approximate surface area is 206 Å². The second kappa shape index (κ2) is 9.31. The van der Waals surface area contributed by atoms with E-state index in [0.717, 1.165) is 5.69 Å². The summed E-state index contributed by atoms with van der Waals surface area (Å²) < 4.78 is 13.2.